The number of hydrogen-bond donors (Lipinski definition) is 2. The molecular weight excluding hydrogens is 272 g/mol. The SMILES string of the molecule is Nc1cc(Cl)ccc1C(O)Cc1cc(F)ccc1F. The van der Waals surface area contributed by atoms with Crippen LogP contribution in [0.4, 0.5) is 14.5 Å². The summed E-state index contributed by atoms with van der Waals surface area (Å²) < 4.78 is 26.5. The molecule has 0 saturated heterocycles. The molecule has 3 N–H and O–H groups in total. The first kappa shape index (κ1) is 13.8. The summed E-state index contributed by atoms with van der Waals surface area (Å²) in [6, 6.07) is 7.77. The van der Waals surface area contributed by atoms with Crippen LogP contribution in [0.2, 0.25) is 5.02 Å². The monoisotopic (exact) mass is 283 g/mol. The first-order valence-corrected chi connectivity index (χ1v) is 6.02. The van der Waals surface area contributed by atoms with Crippen LogP contribution < -0.4 is 5.73 Å². The molecule has 0 radical (unpaired) electrons. The Labute approximate surface area is 114 Å². The predicted molar refractivity (Wildman–Crippen MR) is 70.9 cm³/mol. The van der Waals surface area contributed by atoms with Gasteiger partial charge in [-0.3, -0.25) is 0 Å². The minimum atomic E-state index is -1.02. The number of nitrogens with two attached hydrogens (primary N) is 1. The van der Waals surface area contributed by atoms with Gasteiger partial charge in [-0.25, -0.2) is 8.78 Å². The van der Waals surface area contributed by atoms with E-state index in [1.165, 1.54) is 6.07 Å². The summed E-state index contributed by atoms with van der Waals surface area (Å²) in [5.74, 6) is -1.11. The van der Waals surface area contributed by atoms with E-state index in [1.807, 2.05) is 0 Å². The Balaban J connectivity index is 2.25. The van der Waals surface area contributed by atoms with Gasteiger partial charge in [0.25, 0.3) is 0 Å². The van der Waals surface area contributed by atoms with Crippen LogP contribution in [0.1, 0.15) is 17.2 Å². The maximum Gasteiger partial charge on any atom is 0.126 e. The van der Waals surface area contributed by atoms with Crippen LogP contribution in [0, 0.1) is 11.6 Å². The number of benzene rings is 2. The fourth-order valence-corrected chi connectivity index (χ4v) is 2.05. The molecule has 5 heteroatoms. The molecule has 2 aromatic carbocycles. The summed E-state index contributed by atoms with van der Waals surface area (Å²) >= 11 is 5.76. The molecule has 0 saturated carbocycles. The van der Waals surface area contributed by atoms with Crippen LogP contribution in [-0.2, 0) is 6.42 Å². The summed E-state index contributed by atoms with van der Waals surface area (Å²) in [5, 5.41) is 10.5. The summed E-state index contributed by atoms with van der Waals surface area (Å²) in [6.45, 7) is 0. The largest absolute Gasteiger partial charge is 0.398 e. The average molecular weight is 284 g/mol. The molecule has 0 aliphatic carbocycles. The highest BCUT2D eigenvalue weighted by molar-refractivity contribution is 6.30. The zero-order chi connectivity index (χ0) is 14.0. The van der Waals surface area contributed by atoms with Crippen LogP contribution in [0.25, 0.3) is 0 Å². The zero-order valence-corrected chi connectivity index (χ0v) is 10.7. The van der Waals surface area contributed by atoms with Crippen molar-refractivity contribution in [1.29, 1.82) is 0 Å². The highest BCUT2D eigenvalue weighted by Gasteiger charge is 2.15. The molecule has 0 fully saturated rings. The zero-order valence-electron chi connectivity index (χ0n) is 9.91. The molecule has 2 rings (SSSR count). The van der Waals surface area contributed by atoms with E-state index in [0.29, 0.717) is 16.3 Å². The van der Waals surface area contributed by atoms with Gasteiger partial charge in [-0.2, -0.15) is 0 Å². The maximum absolute atomic E-state index is 13.5. The fourth-order valence-electron chi connectivity index (χ4n) is 1.87. The second kappa shape index (κ2) is 5.55. The summed E-state index contributed by atoms with van der Waals surface area (Å²) in [5.41, 5.74) is 6.59. The minimum Gasteiger partial charge on any atom is -0.398 e. The molecule has 0 bridgehead atoms. The lowest BCUT2D eigenvalue weighted by Gasteiger charge is -2.14. The number of aliphatic hydroxyl groups is 1. The van der Waals surface area contributed by atoms with Gasteiger partial charge in [0.15, 0.2) is 0 Å². The van der Waals surface area contributed by atoms with Crippen molar-refractivity contribution in [2.24, 2.45) is 0 Å². The smallest absolute Gasteiger partial charge is 0.126 e. The van der Waals surface area contributed by atoms with Gasteiger partial charge in [0.2, 0.25) is 0 Å². The third-order valence-corrected chi connectivity index (χ3v) is 3.06. The van der Waals surface area contributed by atoms with Crippen LogP contribution in [0.15, 0.2) is 36.4 Å². The number of aliphatic hydroxyl groups excluding tert-OH is 1. The second-order valence-corrected chi connectivity index (χ2v) is 4.67. The number of hydrogen-bond acceptors (Lipinski definition) is 2. The number of halogens is 3. The van der Waals surface area contributed by atoms with Crippen LogP contribution >= 0.6 is 11.6 Å². The Hall–Kier alpha value is -1.65. The van der Waals surface area contributed by atoms with Crippen molar-refractivity contribution in [3.8, 4) is 0 Å². The lowest BCUT2D eigenvalue weighted by atomic mass is 9.99. The van der Waals surface area contributed by atoms with E-state index in [9.17, 15) is 13.9 Å². The van der Waals surface area contributed by atoms with Crippen molar-refractivity contribution >= 4 is 17.3 Å². The van der Waals surface area contributed by atoms with Gasteiger partial charge in [-0.05, 0) is 35.9 Å². The van der Waals surface area contributed by atoms with Crippen molar-refractivity contribution in [2.45, 2.75) is 12.5 Å². The van der Waals surface area contributed by atoms with E-state index in [0.717, 1.165) is 18.2 Å². The van der Waals surface area contributed by atoms with E-state index < -0.39 is 17.7 Å². The Kier molecular flexibility index (Phi) is 4.02. The number of rotatable bonds is 3. The average Bonchev–Trinajstić information content (AvgIpc) is 2.33. The predicted octanol–water partition coefficient (Wildman–Crippen LogP) is 3.48. The van der Waals surface area contributed by atoms with Crippen molar-refractivity contribution in [1.82, 2.24) is 0 Å². The van der Waals surface area contributed by atoms with Gasteiger partial charge in [0.05, 0.1) is 6.10 Å². The lowest BCUT2D eigenvalue weighted by molar-refractivity contribution is 0.178. The third kappa shape index (κ3) is 3.22. The Morgan fingerprint density at radius 2 is 1.89 bits per heavy atom. The first-order valence-electron chi connectivity index (χ1n) is 5.64. The molecule has 2 aromatic rings. The molecule has 2 nitrogen and oxygen atoms in total. The topological polar surface area (TPSA) is 46.2 Å². The minimum absolute atomic E-state index is 0.0601. The second-order valence-electron chi connectivity index (χ2n) is 4.23. The normalized spacial score (nSPS) is 12.4. The Morgan fingerprint density at radius 1 is 1.16 bits per heavy atom. The third-order valence-electron chi connectivity index (χ3n) is 2.83. The Bertz CT molecular complexity index is 604. The van der Waals surface area contributed by atoms with Gasteiger partial charge in [-0.1, -0.05) is 17.7 Å². The number of anilines is 1. The van der Waals surface area contributed by atoms with Crippen LogP contribution in [0.3, 0.4) is 0 Å². The molecule has 1 atom stereocenters. The maximum atomic E-state index is 13.5. The molecule has 100 valence electrons. The van der Waals surface area contributed by atoms with Gasteiger partial charge < -0.3 is 10.8 Å². The van der Waals surface area contributed by atoms with Gasteiger partial charge in [0, 0.05) is 22.7 Å². The van der Waals surface area contributed by atoms with Crippen molar-refractivity contribution in [2.75, 3.05) is 5.73 Å². The molecule has 0 aliphatic rings. The van der Waals surface area contributed by atoms with E-state index in [1.54, 1.807) is 12.1 Å². The standard InChI is InChI=1S/C14H12ClF2NO/c15-9-1-3-11(13(18)7-9)14(19)6-8-5-10(16)2-4-12(8)17/h1-5,7,14,19H,6,18H2. The fraction of sp³-hybridized carbons (Fsp3) is 0.143. The molecule has 0 heterocycles. The van der Waals surface area contributed by atoms with E-state index >= 15 is 0 Å². The lowest BCUT2D eigenvalue weighted by Crippen LogP contribution is -2.07. The van der Waals surface area contributed by atoms with E-state index in [-0.39, 0.29) is 12.0 Å². The highest BCUT2D eigenvalue weighted by atomic mass is 35.5. The highest BCUT2D eigenvalue weighted by Crippen LogP contribution is 2.27. The molecule has 0 aliphatic heterocycles. The van der Waals surface area contributed by atoms with Crippen molar-refractivity contribution < 1.29 is 13.9 Å². The molecule has 19 heavy (non-hydrogen) atoms. The van der Waals surface area contributed by atoms with Crippen molar-refractivity contribution in [3.63, 3.8) is 0 Å². The summed E-state index contributed by atoms with van der Waals surface area (Å²) in [4.78, 5) is 0. The van der Waals surface area contributed by atoms with Crippen molar-refractivity contribution in [3.05, 3.63) is 64.2 Å². The first-order chi connectivity index (χ1) is 8.97. The van der Waals surface area contributed by atoms with Crippen LogP contribution in [0.5, 0.6) is 0 Å². The van der Waals surface area contributed by atoms with Crippen LogP contribution in [-0.4, -0.2) is 5.11 Å². The molecule has 0 spiro atoms. The molecule has 0 aromatic heterocycles. The molecule has 0 amide bonds. The van der Waals surface area contributed by atoms with Gasteiger partial charge in [0.1, 0.15) is 11.6 Å². The van der Waals surface area contributed by atoms with Gasteiger partial charge in [-0.15, -0.1) is 0 Å². The Morgan fingerprint density at radius 3 is 2.58 bits per heavy atom. The molecule has 1 unspecified atom stereocenters. The number of nitrogen functional groups attached to an aromatic ring is 1. The summed E-state index contributed by atoms with van der Waals surface area (Å²) in [6.07, 6.45) is -1.08. The molecular formula is C14H12ClF2NO. The quantitative estimate of drug-likeness (QED) is 0.847. The summed E-state index contributed by atoms with van der Waals surface area (Å²) in [7, 11) is 0. The van der Waals surface area contributed by atoms with E-state index in [4.69, 9.17) is 17.3 Å². The van der Waals surface area contributed by atoms with E-state index in [2.05, 4.69) is 0 Å². The van der Waals surface area contributed by atoms with Gasteiger partial charge >= 0.3 is 0 Å².